The lowest BCUT2D eigenvalue weighted by Crippen LogP contribution is -2.44. The molecule has 0 aromatic heterocycles. The Morgan fingerprint density at radius 2 is 2.25 bits per heavy atom. The van der Waals surface area contributed by atoms with E-state index in [1.165, 1.54) is 0 Å². The maximum atomic E-state index is 11.8. The highest BCUT2D eigenvalue weighted by atomic mass is 16.3. The van der Waals surface area contributed by atoms with E-state index >= 15 is 0 Å². The fourth-order valence-corrected chi connectivity index (χ4v) is 1.96. The van der Waals surface area contributed by atoms with Gasteiger partial charge in [-0.25, -0.2) is 0 Å². The SMILES string of the molecule is CC(C)C(O)CNC(=O)[C@H]1CCN[C@@H](C)C1. The maximum Gasteiger partial charge on any atom is 0.223 e. The molecule has 0 radical (unpaired) electrons. The van der Waals surface area contributed by atoms with Gasteiger partial charge in [-0.2, -0.15) is 0 Å². The van der Waals surface area contributed by atoms with Gasteiger partial charge in [0.15, 0.2) is 0 Å². The van der Waals surface area contributed by atoms with Crippen molar-refractivity contribution in [2.24, 2.45) is 11.8 Å². The summed E-state index contributed by atoms with van der Waals surface area (Å²) in [6.45, 7) is 7.27. The van der Waals surface area contributed by atoms with Gasteiger partial charge < -0.3 is 15.7 Å². The molecular weight excluding hydrogens is 204 g/mol. The highest BCUT2D eigenvalue weighted by Crippen LogP contribution is 2.16. The van der Waals surface area contributed by atoms with Crippen LogP contribution in [0.2, 0.25) is 0 Å². The zero-order valence-electron chi connectivity index (χ0n) is 10.5. The topological polar surface area (TPSA) is 61.4 Å². The van der Waals surface area contributed by atoms with Crippen LogP contribution in [0.1, 0.15) is 33.6 Å². The van der Waals surface area contributed by atoms with Gasteiger partial charge in [0.2, 0.25) is 5.91 Å². The molecule has 0 aromatic carbocycles. The summed E-state index contributed by atoms with van der Waals surface area (Å²) in [5, 5.41) is 15.8. The second kappa shape index (κ2) is 6.21. The van der Waals surface area contributed by atoms with Crippen molar-refractivity contribution in [2.45, 2.75) is 45.8 Å². The number of rotatable bonds is 4. The Balaban J connectivity index is 2.29. The third-order valence-corrected chi connectivity index (χ3v) is 3.25. The normalized spacial score (nSPS) is 27.8. The molecule has 0 spiro atoms. The molecule has 1 saturated heterocycles. The molecule has 3 atom stereocenters. The largest absolute Gasteiger partial charge is 0.391 e. The van der Waals surface area contributed by atoms with Crippen molar-refractivity contribution in [2.75, 3.05) is 13.1 Å². The Bertz CT molecular complexity index is 231. The van der Waals surface area contributed by atoms with Crippen molar-refractivity contribution in [1.82, 2.24) is 10.6 Å². The second-order valence-electron chi connectivity index (χ2n) is 5.13. The molecule has 0 aliphatic carbocycles. The Kier molecular flexibility index (Phi) is 5.22. The smallest absolute Gasteiger partial charge is 0.223 e. The molecule has 16 heavy (non-hydrogen) atoms. The molecule has 4 nitrogen and oxygen atoms in total. The first-order valence-electron chi connectivity index (χ1n) is 6.20. The van der Waals surface area contributed by atoms with Crippen LogP contribution in [0.25, 0.3) is 0 Å². The van der Waals surface area contributed by atoms with Crippen LogP contribution in [0.3, 0.4) is 0 Å². The summed E-state index contributed by atoms with van der Waals surface area (Å²) in [6.07, 6.45) is 1.35. The lowest BCUT2D eigenvalue weighted by atomic mass is 9.92. The number of carbonyl (C=O) groups excluding carboxylic acids is 1. The van der Waals surface area contributed by atoms with Gasteiger partial charge in [0.1, 0.15) is 0 Å². The second-order valence-corrected chi connectivity index (χ2v) is 5.13. The monoisotopic (exact) mass is 228 g/mol. The standard InChI is InChI=1S/C12H24N2O2/c1-8(2)11(15)7-14-12(16)10-4-5-13-9(3)6-10/h8-11,13,15H,4-7H2,1-3H3,(H,14,16)/t9-,10-,11?/m0/s1. The summed E-state index contributed by atoms with van der Waals surface area (Å²) < 4.78 is 0. The van der Waals surface area contributed by atoms with E-state index in [2.05, 4.69) is 17.6 Å². The van der Waals surface area contributed by atoms with E-state index < -0.39 is 6.10 Å². The molecule has 1 fully saturated rings. The van der Waals surface area contributed by atoms with Crippen molar-refractivity contribution in [3.63, 3.8) is 0 Å². The lowest BCUT2D eigenvalue weighted by molar-refractivity contribution is -0.126. The molecular formula is C12H24N2O2. The average molecular weight is 228 g/mol. The molecule has 1 aliphatic rings. The minimum atomic E-state index is -0.442. The molecule has 4 heteroatoms. The van der Waals surface area contributed by atoms with E-state index in [-0.39, 0.29) is 17.7 Å². The first-order valence-corrected chi connectivity index (χ1v) is 6.20. The van der Waals surface area contributed by atoms with Crippen LogP contribution in [-0.4, -0.2) is 36.2 Å². The fraction of sp³-hybridized carbons (Fsp3) is 0.917. The van der Waals surface area contributed by atoms with Gasteiger partial charge in [-0.05, 0) is 32.2 Å². The van der Waals surface area contributed by atoms with Crippen LogP contribution in [-0.2, 0) is 4.79 Å². The molecule has 3 N–H and O–H groups in total. The zero-order chi connectivity index (χ0) is 12.1. The number of amides is 1. The number of piperidine rings is 1. The summed E-state index contributed by atoms with van der Waals surface area (Å²) in [6, 6.07) is 0.416. The van der Waals surface area contributed by atoms with Crippen molar-refractivity contribution in [3.05, 3.63) is 0 Å². The van der Waals surface area contributed by atoms with Crippen LogP contribution in [0.5, 0.6) is 0 Å². The highest BCUT2D eigenvalue weighted by Gasteiger charge is 2.24. The quantitative estimate of drug-likeness (QED) is 0.657. The van der Waals surface area contributed by atoms with Gasteiger partial charge in [0.05, 0.1) is 6.10 Å². The van der Waals surface area contributed by atoms with E-state index in [4.69, 9.17) is 0 Å². The van der Waals surface area contributed by atoms with Crippen molar-refractivity contribution >= 4 is 5.91 Å². The molecule has 0 aromatic rings. The molecule has 1 aliphatic heterocycles. The number of aliphatic hydroxyl groups excluding tert-OH is 1. The molecule has 0 saturated carbocycles. The predicted molar refractivity (Wildman–Crippen MR) is 64.0 cm³/mol. The summed E-state index contributed by atoms with van der Waals surface area (Å²) in [7, 11) is 0. The van der Waals surface area contributed by atoms with Gasteiger partial charge in [-0.15, -0.1) is 0 Å². The van der Waals surface area contributed by atoms with E-state index in [1.54, 1.807) is 0 Å². The predicted octanol–water partition coefficient (Wildman–Crippen LogP) is 0.508. The minimum absolute atomic E-state index is 0.0908. The van der Waals surface area contributed by atoms with Crippen LogP contribution in [0, 0.1) is 11.8 Å². The minimum Gasteiger partial charge on any atom is -0.391 e. The Labute approximate surface area is 97.8 Å². The van der Waals surface area contributed by atoms with Gasteiger partial charge in [0, 0.05) is 18.5 Å². The number of nitrogens with one attached hydrogen (secondary N) is 2. The summed E-state index contributed by atoms with van der Waals surface area (Å²) in [4.78, 5) is 11.8. The molecule has 1 rings (SSSR count). The van der Waals surface area contributed by atoms with E-state index in [0.717, 1.165) is 19.4 Å². The van der Waals surface area contributed by atoms with Gasteiger partial charge >= 0.3 is 0 Å². The first kappa shape index (κ1) is 13.5. The van der Waals surface area contributed by atoms with Crippen molar-refractivity contribution in [3.8, 4) is 0 Å². The van der Waals surface area contributed by atoms with Crippen LogP contribution >= 0.6 is 0 Å². The first-order chi connectivity index (χ1) is 7.50. The van der Waals surface area contributed by atoms with Crippen LogP contribution < -0.4 is 10.6 Å². The number of hydrogen-bond acceptors (Lipinski definition) is 3. The van der Waals surface area contributed by atoms with E-state index in [9.17, 15) is 9.90 Å². The van der Waals surface area contributed by atoms with Gasteiger partial charge in [-0.3, -0.25) is 4.79 Å². The lowest BCUT2D eigenvalue weighted by Gasteiger charge is -2.27. The molecule has 1 amide bonds. The van der Waals surface area contributed by atoms with Crippen LogP contribution in [0.15, 0.2) is 0 Å². The molecule has 1 unspecified atom stereocenters. The third-order valence-electron chi connectivity index (χ3n) is 3.25. The average Bonchev–Trinajstić information content (AvgIpc) is 2.25. The van der Waals surface area contributed by atoms with Gasteiger partial charge in [-0.1, -0.05) is 13.8 Å². The zero-order valence-corrected chi connectivity index (χ0v) is 10.5. The third kappa shape index (κ3) is 4.10. The number of aliphatic hydroxyl groups is 1. The number of hydrogen-bond donors (Lipinski definition) is 3. The summed E-state index contributed by atoms with van der Waals surface area (Å²) in [5.74, 6) is 0.385. The highest BCUT2D eigenvalue weighted by molar-refractivity contribution is 5.78. The molecule has 1 heterocycles. The Morgan fingerprint density at radius 3 is 2.81 bits per heavy atom. The number of carbonyl (C=O) groups is 1. The summed E-state index contributed by atoms with van der Waals surface area (Å²) in [5.41, 5.74) is 0. The van der Waals surface area contributed by atoms with Crippen LogP contribution in [0.4, 0.5) is 0 Å². The Morgan fingerprint density at radius 1 is 1.56 bits per heavy atom. The fourth-order valence-electron chi connectivity index (χ4n) is 1.96. The Hall–Kier alpha value is -0.610. The van der Waals surface area contributed by atoms with Crippen molar-refractivity contribution in [1.29, 1.82) is 0 Å². The molecule has 0 bridgehead atoms. The van der Waals surface area contributed by atoms with E-state index in [0.29, 0.717) is 12.6 Å². The van der Waals surface area contributed by atoms with E-state index in [1.807, 2.05) is 13.8 Å². The molecule has 94 valence electrons. The summed E-state index contributed by atoms with van der Waals surface area (Å²) >= 11 is 0. The van der Waals surface area contributed by atoms with Gasteiger partial charge in [0.25, 0.3) is 0 Å². The maximum absolute atomic E-state index is 11.8. The van der Waals surface area contributed by atoms with Crippen molar-refractivity contribution < 1.29 is 9.90 Å².